The SMILES string of the molecule is CCc1ccccc1NC(=O)COc1ccc(C#N)cc1OC. The van der Waals surface area contributed by atoms with Crippen molar-refractivity contribution in [2.75, 3.05) is 19.0 Å². The van der Waals surface area contributed by atoms with Crippen molar-refractivity contribution in [3.8, 4) is 17.6 Å². The first kappa shape index (κ1) is 16.4. The number of nitrogens with one attached hydrogen (secondary N) is 1. The number of nitriles is 1. The van der Waals surface area contributed by atoms with E-state index in [1.54, 1.807) is 18.2 Å². The maximum Gasteiger partial charge on any atom is 0.262 e. The van der Waals surface area contributed by atoms with Crippen molar-refractivity contribution in [2.45, 2.75) is 13.3 Å². The third kappa shape index (κ3) is 4.24. The molecule has 0 atom stereocenters. The highest BCUT2D eigenvalue weighted by Gasteiger charge is 2.10. The smallest absolute Gasteiger partial charge is 0.262 e. The van der Waals surface area contributed by atoms with Crippen molar-refractivity contribution in [3.63, 3.8) is 0 Å². The van der Waals surface area contributed by atoms with Crippen LogP contribution >= 0.6 is 0 Å². The van der Waals surface area contributed by atoms with E-state index in [1.165, 1.54) is 7.11 Å². The third-order valence-electron chi connectivity index (χ3n) is 3.32. The summed E-state index contributed by atoms with van der Waals surface area (Å²) in [5.41, 5.74) is 2.32. The molecule has 0 fully saturated rings. The Balaban J connectivity index is 2.01. The number of anilines is 1. The third-order valence-corrected chi connectivity index (χ3v) is 3.32. The summed E-state index contributed by atoms with van der Waals surface area (Å²) in [7, 11) is 1.49. The van der Waals surface area contributed by atoms with Crippen LogP contribution < -0.4 is 14.8 Å². The Hall–Kier alpha value is -3.00. The van der Waals surface area contributed by atoms with Gasteiger partial charge in [-0.3, -0.25) is 4.79 Å². The first-order valence-electron chi connectivity index (χ1n) is 7.26. The molecule has 0 saturated heterocycles. The molecule has 5 nitrogen and oxygen atoms in total. The highest BCUT2D eigenvalue weighted by Crippen LogP contribution is 2.27. The number of carbonyl (C=O) groups is 1. The Morgan fingerprint density at radius 2 is 2.00 bits per heavy atom. The van der Waals surface area contributed by atoms with E-state index < -0.39 is 0 Å². The summed E-state index contributed by atoms with van der Waals surface area (Å²) in [5.74, 6) is 0.591. The quantitative estimate of drug-likeness (QED) is 0.889. The molecule has 118 valence electrons. The number of aryl methyl sites for hydroxylation is 1. The van der Waals surface area contributed by atoms with Gasteiger partial charge in [0.25, 0.3) is 5.91 Å². The normalized spacial score (nSPS) is 9.78. The fourth-order valence-corrected chi connectivity index (χ4v) is 2.14. The number of amides is 1. The molecule has 1 N–H and O–H groups in total. The van der Waals surface area contributed by atoms with E-state index in [-0.39, 0.29) is 12.5 Å². The Kier molecular flexibility index (Phi) is 5.59. The maximum atomic E-state index is 12.0. The molecule has 2 aromatic carbocycles. The van der Waals surface area contributed by atoms with E-state index in [0.717, 1.165) is 17.7 Å². The molecule has 0 heterocycles. The number of carbonyl (C=O) groups excluding carboxylic acids is 1. The molecule has 0 aliphatic rings. The number of hydrogen-bond donors (Lipinski definition) is 1. The first-order chi connectivity index (χ1) is 11.2. The van der Waals surface area contributed by atoms with Gasteiger partial charge in [0.2, 0.25) is 0 Å². The molecule has 0 aliphatic heterocycles. The topological polar surface area (TPSA) is 71.3 Å². The summed E-state index contributed by atoms with van der Waals surface area (Å²) in [4.78, 5) is 12.0. The predicted molar refractivity (Wildman–Crippen MR) is 87.7 cm³/mol. The summed E-state index contributed by atoms with van der Waals surface area (Å²) in [6, 6.07) is 14.5. The molecule has 0 radical (unpaired) electrons. The number of para-hydroxylation sites is 1. The molecule has 0 bridgehead atoms. The molecule has 0 spiro atoms. The second kappa shape index (κ2) is 7.85. The second-order valence-electron chi connectivity index (χ2n) is 4.82. The Labute approximate surface area is 135 Å². The first-order valence-corrected chi connectivity index (χ1v) is 7.26. The lowest BCUT2D eigenvalue weighted by Crippen LogP contribution is -2.21. The number of methoxy groups -OCH3 is 1. The summed E-state index contributed by atoms with van der Waals surface area (Å²) >= 11 is 0. The van der Waals surface area contributed by atoms with Crippen LogP contribution in [-0.2, 0) is 11.2 Å². The number of rotatable bonds is 6. The molecule has 0 unspecified atom stereocenters. The van der Waals surface area contributed by atoms with Gasteiger partial charge in [-0.2, -0.15) is 5.26 Å². The summed E-state index contributed by atoms with van der Waals surface area (Å²) in [5, 5.41) is 11.7. The standard InChI is InChI=1S/C18H18N2O3/c1-3-14-6-4-5-7-15(14)20-18(21)12-23-16-9-8-13(11-19)10-17(16)22-2/h4-10H,3,12H2,1-2H3,(H,20,21). The molecule has 5 heteroatoms. The van der Waals surface area contributed by atoms with Crippen molar-refractivity contribution >= 4 is 11.6 Å². The van der Waals surface area contributed by atoms with Crippen molar-refractivity contribution in [2.24, 2.45) is 0 Å². The minimum absolute atomic E-state index is 0.139. The zero-order chi connectivity index (χ0) is 16.7. The largest absolute Gasteiger partial charge is 0.493 e. The van der Waals surface area contributed by atoms with E-state index in [0.29, 0.717) is 17.1 Å². The van der Waals surface area contributed by atoms with E-state index in [9.17, 15) is 4.79 Å². The lowest BCUT2D eigenvalue weighted by molar-refractivity contribution is -0.118. The van der Waals surface area contributed by atoms with E-state index in [1.807, 2.05) is 37.3 Å². The number of hydrogen-bond acceptors (Lipinski definition) is 4. The van der Waals surface area contributed by atoms with Gasteiger partial charge in [0, 0.05) is 11.8 Å². The van der Waals surface area contributed by atoms with E-state index in [4.69, 9.17) is 14.7 Å². The van der Waals surface area contributed by atoms with Crippen LogP contribution in [0.2, 0.25) is 0 Å². The molecule has 1 amide bonds. The molecule has 0 saturated carbocycles. The minimum atomic E-state index is -0.252. The predicted octanol–water partition coefficient (Wildman–Crippen LogP) is 3.15. The fourth-order valence-electron chi connectivity index (χ4n) is 2.14. The van der Waals surface area contributed by atoms with Gasteiger partial charge in [-0.15, -0.1) is 0 Å². The van der Waals surface area contributed by atoms with Crippen molar-refractivity contribution in [3.05, 3.63) is 53.6 Å². The van der Waals surface area contributed by atoms with Gasteiger partial charge in [-0.1, -0.05) is 25.1 Å². The van der Waals surface area contributed by atoms with Gasteiger partial charge in [0.1, 0.15) is 0 Å². The van der Waals surface area contributed by atoms with Crippen LogP contribution in [0.15, 0.2) is 42.5 Å². The fraction of sp³-hybridized carbons (Fsp3) is 0.222. The highest BCUT2D eigenvalue weighted by atomic mass is 16.5. The molecule has 0 aromatic heterocycles. The van der Waals surface area contributed by atoms with Gasteiger partial charge in [0.15, 0.2) is 18.1 Å². The number of benzene rings is 2. The van der Waals surface area contributed by atoms with Gasteiger partial charge in [-0.25, -0.2) is 0 Å². The van der Waals surface area contributed by atoms with Crippen molar-refractivity contribution in [1.82, 2.24) is 0 Å². The summed E-state index contributed by atoms with van der Waals surface area (Å²) < 4.78 is 10.7. The minimum Gasteiger partial charge on any atom is -0.493 e. The van der Waals surface area contributed by atoms with E-state index in [2.05, 4.69) is 5.32 Å². The molecule has 2 aromatic rings. The Morgan fingerprint density at radius 3 is 2.70 bits per heavy atom. The van der Waals surface area contributed by atoms with Gasteiger partial charge >= 0.3 is 0 Å². The lowest BCUT2D eigenvalue weighted by Gasteiger charge is -2.12. The maximum absolute atomic E-state index is 12.0. The van der Waals surface area contributed by atoms with Gasteiger partial charge in [0.05, 0.1) is 18.7 Å². The van der Waals surface area contributed by atoms with Crippen LogP contribution in [0.1, 0.15) is 18.1 Å². The van der Waals surface area contributed by atoms with E-state index >= 15 is 0 Å². The molecule has 0 aliphatic carbocycles. The highest BCUT2D eigenvalue weighted by molar-refractivity contribution is 5.92. The number of nitrogens with zero attached hydrogens (tertiary/aromatic N) is 1. The lowest BCUT2D eigenvalue weighted by atomic mass is 10.1. The van der Waals surface area contributed by atoms with Crippen LogP contribution in [0.5, 0.6) is 11.5 Å². The molecule has 2 rings (SSSR count). The number of ether oxygens (including phenoxy) is 2. The monoisotopic (exact) mass is 310 g/mol. The summed E-state index contributed by atoms with van der Waals surface area (Å²) in [6.07, 6.45) is 0.834. The van der Waals surface area contributed by atoms with Crippen molar-refractivity contribution in [1.29, 1.82) is 5.26 Å². The van der Waals surface area contributed by atoms with Gasteiger partial charge in [-0.05, 0) is 30.2 Å². The zero-order valence-electron chi connectivity index (χ0n) is 13.1. The van der Waals surface area contributed by atoms with Gasteiger partial charge < -0.3 is 14.8 Å². The van der Waals surface area contributed by atoms with Crippen LogP contribution in [-0.4, -0.2) is 19.6 Å². The van der Waals surface area contributed by atoms with Crippen LogP contribution in [0.3, 0.4) is 0 Å². The van der Waals surface area contributed by atoms with Crippen LogP contribution in [0, 0.1) is 11.3 Å². The zero-order valence-corrected chi connectivity index (χ0v) is 13.1. The second-order valence-corrected chi connectivity index (χ2v) is 4.82. The molecule has 23 heavy (non-hydrogen) atoms. The summed E-state index contributed by atoms with van der Waals surface area (Å²) in [6.45, 7) is 1.89. The average molecular weight is 310 g/mol. The Morgan fingerprint density at radius 1 is 1.22 bits per heavy atom. The van der Waals surface area contributed by atoms with Crippen LogP contribution in [0.25, 0.3) is 0 Å². The molecular formula is C18H18N2O3. The van der Waals surface area contributed by atoms with Crippen molar-refractivity contribution < 1.29 is 14.3 Å². The molecular weight excluding hydrogens is 292 g/mol. The van der Waals surface area contributed by atoms with Crippen LogP contribution in [0.4, 0.5) is 5.69 Å². The average Bonchev–Trinajstić information content (AvgIpc) is 2.60. The Bertz CT molecular complexity index is 735.